The molecule has 0 radical (unpaired) electrons. The maximum absolute atomic E-state index is 5.32. The van der Waals surface area contributed by atoms with Crippen molar-refractivity contribution in [2.24, 2.45) is 0 Å². The smallest absolute Gasteiger partial charge is 0.259 e. The average molecular weight is 145 g/mol. The molecule has 0 aromatic rings. The molecule has 0 bridgehead atoms. The summed E-state index contributed by atoms with van der Waals surface area (Å²) in [4.78, 5) is 1.94. The normalized spacial score (nSPS) is 24.3. The van der Waals surface area contributed by atoms with E-state index in [1.807, 2.05) is 25.8 Å². The molecule has 0 aliphatic carbocycles. The maximum Gasteiger partial charge on any atom is 0.259 e. The molecule has 0 N–H and O–H groups in total. The van der Waals surface area contributed by atoms with Crippen LogP contribution in [0.2, 0.25) is 0 Å². The van der Waals surface area contributed by atoms with Crippen LogP contribution >= 0.6 is 12.2 Å². The van der Waals surface area contributed by atoms with E-state index >= 15 is 0 Å². The molecular weight excluding hydrogens is 134 g/mol. The van der Waals surface area contributed by atoms with Crippen LogP contribution in [-0.4, -0.2) is 29.3 Å². The molecule has 2 nitrogen and oxygen atoms in total. The van der Waals surface area contributed by atoms with Crippen LogP contribution in [0.1, 0.15) is 13.8 Å². The van der Waals surface area contributed by atoms with E-state index in [2.05, 4.69) is 0 Å². The van der Waals surface area contributed by atoms with Crippen molar-refractivity contribution in [1.29, 1.82) is 0 Å². The van der Waals surface area contributed by atoms with Crippen LogP contribution in [0, 0.1) is 0 Å². The van der Waals surface area contributed by atoms with Crippen molar-refractivity contribution in [3.05, 3.63) is 0 Å². The zero-order valence-electron chi connectivity index (χ0n) is 5.97. The van der Waals surface area contributed by atoms with Crippen LogP contribution < -0.4 is 0 Å². The van der Waals surface area contributed by atoms with E-state index in [1.165, 1.54) is 0 Å². The number of rotatable bonds is 0. The second-order valence-electron chi connectivity index (χ2n) is 2.98. The Labute approximate surface area is 60.8 Å². The molecule has 0 aromatic carbocycles. The minimum Gasteiger partial charge on any atom is -0.463 e. The predicted octanol–water partition coefficient (Wildman–Crippen LogP) is 1.01. The number of ether oxygens (including phenoxy) is 1. The van der Waals surface area contributed by atoms with Crippen molar-refractivity contribution >= 4 is 17.4 Å². The van der Waals surface area contributed by atoms with E-state index < -0.39 is 0 Å². The van der Waals surface area contributed by atoms with E-state index in [1.54, 1.807) is 0 Å². The molecule has 0 amide bonds. The highest BCUT2D eigenvalue weighted by Crippen LogP contribution is 2.19. The summed E-state index contributed by atoms with van der Waals surface area (Å²) in [6, 6.07) is 0. The van der Waals surface area contributed by atoms with Gasteiger partial charge in [0.05, 0.1) is 6.54 Å². The van der Waals surface area contributed by atoms with Crippen molar-refractivity contribution in [3.63, 3.8) is 0 Å². The fourth-order valence-corrected chi connectivity index (χ4v) is 1.27. The van der Waals surface area contributed by atoms with E-state index in [4.69, 9.17) is 17.0 Å². The lowest BCUT2D eigenvalue weighted by Gasteiger charge is -2.13. The highest BCUT2D eigenvalue weighted by molar-refractivity contribution is 7.80. The molecule has 1 rings (SSSR count). The SMILES string of the molecule is CN1CC(C)(C)OC1=S. The van der Waals surface area contributed by atoms with Crippen LogP contribution in [0.5, 0.6) is 0 Å². The molecule has 0 aromatic heterocycles. The first-order chi connectivity index (χ1) is 4.01. The van der Waals surface area contributed by atoms with Gasteiger partial charge in [0.25, 0.3) is 5.17 Å². The van der Waals surface area contributed by atoms with Crippen molar-refractivity contribution in [1.82, 2.24) is 4.90 Å². The van der Waals surface area contributed by atoms with Crippen LogP contribution in [-0.2, 0) is 4.74 Å². The summed E-state index contributed by atoms with van der Waals surface area (Å²) < 4.78 is 5.32. The Morgan fingerprint density at radius 3 is 2.33 bits per heavy atom. The fourth-order valence-electron chi connectivity index (χ4n) is 0.982. The van der Waals surface area contributed by atoms with Crippen molar-refractivity contribution in [3.8, 4) is 0 Å². The summed E-state index contributed by atoms with van der Waals surface area (Å²) in [7, 11) is 1.94. The third-order valence-electron chi connectivity index (χ3n) is 1.29. The zero-order chi connectivity index (χ0) is 7.07. The lowest BCUT2D eigenvalue weighted by atomic mass is 10.1. The van der Waals surface area contributed by atoms with Gasteiger partial charge in [-0.2, -0.15) is 0 Å². The maximum atomic E-state index is 5.32. The molecule has 0 spiro atoms. The first-order valence-electron chi connectivity index (χ1n) is 2.95. The topological polar surface area (TPSA) is 12.5 Å². The van der Waals surface area contributed by atoms with Gasteiger partial charge in [-0.25, -0.2) is 0 Å². The van der Waals surface area contributed by atoms with Gasteiger partial charge in [-0.15, -0.1) is 0 Å². The van der Waals surface area contributed by atoms with Crippen molar-refractivity contribution < 1.29 is 4.74 Å². The Morgan fingerprint density at radius 2 is 2.22 bits per heavy atom. The van der Waals surface area contributed by atoms with Crippen LogP contribution in [0.15, 0.2) is 0 Å². The van der Waals surface area contributed by atoms with Crippen LogP contribution in [0.25, 0.3) is 0 Å². The molecule has 1 fully saturated rings. The predicted molar refractivity (Wildman–Crippen MR) is 40.4 cm³/mol. The second kappa shape index (κ2) is 1.84. The molecule has 1 aliphatic heterocycles. The van der Waals surface area contributed by atoms with Crippen molar-refractivity contribution in [2.75, 3.05) is 13.6 Å². The molecule has 0 unspecified atom stereocenters. The Bertz CT molecular complexity index is 144. The molecule has 1 heterocycles. The Balaban J connectivity index is 2.65. The van der Waals surface area contributed by atoms with E-state index in [0.717, 1.165) is 6.54 Å². The van der Waals surface area contributed by atoms with E-state index in [9.17, 15) is 0 Å². The van der Waals surface area contributed by atoms with Crippen LogP contribution in [0.4, 0.5) is 0 Å². The molecule has 9 heavy (non-hydrogen) atoms. The highest BCUT2D eigenvalue weighted by atomic mass is 32.1. The third kappa shape index (κ3) is 1.33. The second-order valence-corrected chi connectivity index (χ2v) is 3.33. The first-order valence-corrected chi connectivity index (χ1v) is 3.36. The Kier molecular flexibility index (Phi) is 1.39. The van der Waals surface area contributed by atoms with Gasteiger partial charge in [-0.3, -0.25) is 0 Å². The summed E-state index contributed by atoms with van der Waals surface area (Å²) in [5, 5.41) is 0.611. The summed E-state index contributed by atoms with van der Waals surface area (Å²) in [6.45, 7) is 4.96. The quantitative estimate of drug-likeness (QED) is 0.472. The first kappa shape index (κ1) is 6.81. The molecule has 0 saturated carbocycles. The van der Waals surface area contributed by atoms with Crippen LogP contribution in [0.3, 0.4) is 0 Å². The third-order valence-corrected chi connectivity index (χ3v) is 1.69. The monoisotopic (exact) mass is 145 g/mol. The molecule has 0 atom stereocenters. The van der Waals surface area contributed by atoms with Gasteiger partial charge >= 0.3 is 0 Å². The van der Waals surface area contributed by atoms with Gasteiger partial charge in [0.2, 0.25) is 0 Å². The number of likely N-dealkylation sites (N-methyl/N-ethyl adjacent to an activating group) is 1. The molecule has 52 valence electrons. The lowest BCUT2D eigenvalue weighted by molar-refractivity contribution is 0.138. The largest absolute Gasteiger partial charge is 0.463 e. The van der Waals surface area contributed by atoms with E-state index in [0.29, 0.717) is 5.17 Å². The molecule has 3 heteroatoms. The van der Waals surface area contributed by atoms with Gasteiger partial charge < -0.3 is 9.64 Å². The summed E-state index contributed by atoms with van der Waals surface area (Å²) in [6.07, 6.45) is 0. The minimum absolute atomic E-state index is 0.0775. The average Bonchev–Trinajstić information content (AvgIpc) is 1.79. The highest BCUT2D eigenvalue weighted by Gasteiger charge is 2.31. The number of hydrogen-bond donors (Lipinski definition) is 0. The van der Waals surface area contributed by atoms with Crippen molar-refractivity contribution in [2.45, 2.75) is 19.4 Å². The van der Waals surface area contributed by atoms with Gasteiger partial charge in [-0.1, -0.05) is 0 Å². The number of thiocarbonyl (C=S) groups is 1. The van der Waals surface area contributed by atoms with E-state index in [-0.39, 0.29) is 5.60 Å². The standard InChI is InChI=1S/C6H11NOS/c1-6(2)4-7(3)5(9)8-6/h4H2,1-3H3. The number of hydrogen-bond acceptors (Lipinski definition) is 2. The number of nitrogens with zero attached hydrogens (tertiary/aromatic N) is 1. The Morgan fingerprint density at radius 1 is 1.67 bits per heavy atom. The molecule has 1 aliphatic rings. The van der Waals surface area contributed by atoms with Gasteiger partial charge in [0.1, 0.15) is 5.60 Å². The lowest BCUT2D eigenvalue weighted by Crippen LogP contribution is -2.25. The molecular formula is C6H11NOS. The van der Waals surface area contributed by atoms with Gasteiger partial charge in [0.15, 0.2) is 0 Å². The summed E-state index contributed by atoms with van der Waals surface area (Å²) in [5.41, 5.74) is -0.0775. The minimum atomic E-state index is -0.0775. The van der Waals surface area contributed by atoms with Gasteiger partial charge in [-0.05, 0) is 26.1 Å². The fraction of sp³-hybridized carbons (Fsp3) is 0.833. The summed E-state index contributed by atoms with van der Waals surface area (Å²) in [5.74, 6) is 0. The Hall–Kier alpha value is -0.310. The van der Waals surface area contributed by atoms with Gasteiger partial charge in [0, 0.05) is 7.05 Å². The molecule has 1 saturated heterocycles. The zero-order valence-corrected chi connectivity index (χ0v) is 6.79. The summed E-state index contributed by atoms with van der Waals surface area (Å²) >= 11 is 4.89.